The lowest BCUT2D eigenvalue weighted by Gasteiger charge is -2.40. The molecule has 0 spiro atoms. The summed E-state index contributed by atoms with van der Waals surface area (Å²) >= 11 is 11.5. The summed E-state index contributed by atoms with van der Waals surface area (Å²) in [6, 6.07) is 1.47. The van der Waals surface area contributed by atoms with Crippen LogP contribution in [-0.2, 0) is 0 Å². The number of amides is 1. The lowest BCUT2D eigenvalue weighted by molar-refractivity contribution is 0.0641. The minimum absolute atomic E-state index is 0.0481. The summed E-state index contributed by atoms with van der Waals surface area (Å²) in [5, 5.41) is 12.5. The maximum Gasteiger partial charge on any atom is 0.253 e. The second-order valence-electron chi connectivity index (χ2n) is 4.24. The number of aliphatic hydroxyl groups excluding tert-OH is 1. The van der Waals surface area contributed by atoms with E-state index in [1.54, 1.807) is 0 Å². The molecule has 6 heteroatoms. The molecule has 0 aliphatic heterocycles. The van der Waals surface area contributed by atoms with Crippen molar-refractivity contribution in [2.24, 2.45) is 0 Å². The Bertz CT molecular complexity index is 442. The number of nitrogens with one attached hydrogen (secondary N) is 1. The van der Waals surface area contributed by atoms with E-state index < -0.39 is 5.54 Å². The van der Waals surface area contributed by atoms with Gasteiger partial charge in [0.2, 0.25) is 0 Å². The molecule has 1 aromatic rings. The van der Waals surface area contributed by atoms with Crippen LogP contribution in [0.25, 0.3) is 0 Å². The molecule has 0 unspecified atom stereocenters. The van der Waals surface area contributed by atoms with Gasteiger partial charge in [0, 0.05) is 6.20 Å². The molecule has 1 aliphatic carbocycles. The summed E-state index contributed by atoms with van der Waals surface area (Å²) in [6.45, 7) is -0.0481. The van der Waals surface area contributed by atoms with Crippen molar-refractivity contribution in [3.05, 3.63) is 28.0 Å². The van der Waals surface area contributed by atoms with Crippen molar-refractivity contribution >= 4 is 29.1 Å². The van der Waals surface area contributed by atoms with Crippen LogP contribution in [0.15, 0.2) is 12.3 Å². The van der Waals surface area contributed by atoms with Crippen LogP contribution >= 0.6 is 23.2 Å². The highest BCUT2D eigenvalue weighted by atomic mass is 35.5. The fraction of sp³-hybridized carbons (Fsp3) is 0.455. The van der Waals surface area contributed by atoms with E-state index in [1.165, 1.54) is 12.3 Å². The quantitative estimate of drug-likeness (QED) is 0.830. The average molecular weight is 275 g/mol. The highest BCUT2D eigenvalue weighted by molar-refractivity contribution is 6.41. The van der Waals surface area contributed by atoms with Gasteiger partial charge in [-0.25, -0.2) is 4.98 Å². The summed E-state index contributed by atoms with van der Waals surface area (Å²) in [6.07, 6.45) is 3.97. The molecule has 1 aromatic heterocycles. The van der Waals surface area contributed by atoms with Gasteiger partial charge >= 0.3 is 0 Å². The normalized spacial score (nSPS) is 17.4. The topological polar surface area (TPSA) is 62.2 Å². The minimum Gasteiger partial charge on any atom is -0.394 e. The fourth-order valence-electron chi connectivity index (χ4n) is 1.78. The van der Waals surface area contributed by atoms with E-state index in [0.29, 0.717) is 5.56 Å². The molecule has 1 amide bonds. The number of hydrogen-bond acceptors (Lipinski definition) is 3. The molecule has 0 bridgehead atoms. The third-order valence-electron chi connectivity index (χ3n) is 3.05. The largest absolute Gasteiger partial charge is 0.394 e. The molecule has 1 fully saturated rings. The Balaban J connectivity index is 2.11. The van der Waals surface area contributed by atoms with Crippen LogP contribution in [-0.4, -0.2) is 28.1 Å². The van der Waals surface area contributed by atoms with E-state index in [0.717, 1.165) is 19.3 Å². The van der Waals surface area contributed by atoms with E-state index in [4.69, 9.17) is 23.2 Å². The van der Waals surface area contributed by atoms with Crippen LogP contribution in [0.5, 0.6) is 0 Å². The minimum atomic E-state index is -0.469. The van der Waals surface area contributed by atoms with Crippen molar-refractivity contribution in [2.45, 2.75) is 24.8 Å². The second kappa shape index (κ2) is 4.80. The Morgan fingerprint density at radius 2 is 2.24 bits per heavy atom. The zero-order valence-electron chi connectivity index (χ0n) is 9.04. The van der Waals surface area contributed by atoms with Gasteiger partial charge in [0.15, 0.2) is 0 Å². The van der Waals surface area contributed by atoms with Crippen molar-refractivity contribution in [1.29, 1.82) is 0 Å². The lowest BCUT2D eigenvalue weighted by atomic mass is 9.77. The summed E-state index contributed by atoms with van der Waals surface area (Å²) in [4.78, 5) is 15.7. The van der Waals surface area contributed by atoms with Gasteiger partial charge in [-0.15, -0.1) is 0 Å². The average Bonchev–Trinajstić information content (AvgIpc) is 2.27. The summed E-state index contributed by atoms with van der Waals surface area (Å²) in [7, 11) is 0. The predicted octanol–water partition coefficient (Wildman–Crippen LogP) is 2.03. The molecule has 1 heterocycles. The molecule has 2 rings (SSSR count). The molecular formula is C11H12Cl2N2O2. The Kier molecular flexibility index (Phi) is 3.56. The fourth-order valence-corrected chi connectivity index (χ4v) is 2.05. The first-order valence-electron chi connectivity index (χ1n) is 5.31. The smallest absolute Gasteiger partial charge is 0.253 e. The standard InChI is InChI=1S/C11H12Cl2N2O2/c12-8-4-7(5-14-9(8)13)10(17)15-11(6-16)2-1-3-11/h4-5,16H,1-3,6H2,(H,15,17). The van der Waals surface area contributed by atoms with E-state index in [-0.39, 0.29) is 22.7 Å². The first-order valence-corrected chi connectivity index (χ1v) is 6.06. The monoisotopic (exact) mass is 274 g/mol. The number of aliphatic hydroxyl groups is 1. The molecule has 2 N–H and O–H groups in total. The Hall–Kier alpha value is -0.840. The number of nitrogens with zero attached hydrogens (tertiary/aromatic N) is 1. The highest BCUT2D eigenvalue weighted by Crippen LogP contribution is 2.31. The molecule has 1 aliphatic rings. The third-order valence-corrected chi connectivity index (χ3v) is 3.74. The number of pyridine rings is 1. The van der Waals surface area contributed by atoms with Crippen molar-refractivity contribution < 1.29 is 9.90 Å². The second-order valence-corrected chi connectivity index (χ2v) is 5.01. The van der Waals surface area contributed by atoms with Gasteiger partial charge in [0.25, 0.3) is 5.91 Å². The lowest BCUT2D eigenvalue weighted by Crippen LogP contribution is -2.56. The molecular weight excluding hydrogens is 263 g/mol. The number of hydrogen-bond donors (Lipinski definition) is 2. The first kappa shape index (κ1) is 12.6. The van der Waals surface area contributed by atoms with Crippen LogP contribution in [0.1, 0.15) is 29.6 Å². The van der Waals surface area contributed by atoms with Gasteiger partial charge < -0.3 is 10.4 Å². The van der Waals surface area contributed by atoms with E-state index in [2.05, 4.69) is 10.3 Å². The zero-order valence-corrected chi connectivity index (χ0v) is 10.6. The Labute approximate surface area is 109 Å². The van der Waals surface area contributed by atoms with E-state index in [9.17, 15) is 9.90 Å². The van der Waals surface area contributed by atoms with E-state index >= 15 is 0 Å². The molecule has 1 saturated carbocycles. The van der Waals surface area contributed by atoms with Crippen molar-refractivity contribution in [1.82, 2.24) is 10.3 Å². The van der Waals surface area contributed by atoms with Gasteiger partial charge in [-0.05, 0) is 25.3 Å². The number of aromatic nitrogens is 1. The van der Waals surface area contributed by atoms with Crippen LogP contribution in [0.3, 0.4) is 0 Å². The van der Waals surface area contributed by atoms with Crippen LogP contribution in [0, 0.1) is 0 Å². The van der Waals surface area contributed by atoms with Gasteiger partial charge in [-0.3, -0.25) is 4.79 Å². The number of carbonyl (C=O) groups excluding carboxylic acids is 1. The first-order chi connectivity index (χ1) is 8.06. The van der Waals surface area contributed by atoms with Crippen LogP contribution in [0.4, 0.5) is 0 Å². The zero-order chi connectivity index (χ0) is 12.5. The molecule has 0 atom stereocenters. The number of carbonyl (C=O) groups is 1. The van der Waals surface area contributed by atoms with Crippen molar-refractivity contribution in [2.75, 3.05) is 6.61 Å². The predicted molar refractivity (Wildman–Crippen MR) is 65.4 cm³/mol. The molecule has 0 saturated heterocycles. The van der Waals surface area contributed by atoms with E-state index in [1.807, 2.05) is 0 Å². The summed E-state index contributed by atoms with van der Waals surface area (Å²) < 4.78 is 0. The number of halogens is 2. The van der Waals surface area contributed by atoms with Crippen LogP contribution < -0.4 is 5.32 Å². The molecule has 4 nitrogen and oxygen atoms in total. The summed E-state index contributed by atoms with van der Waals surface area (Å²) in [5.74, 6) is -0.287. The molecule has 0 radical (unpaired) electrons. The van der Waals surface area contributed by atoms with Crippen molar-refractivity contribution in [3.8, 4) is 0 Å². The van der Waals surface area contributed by atoms with Gasteiger partial charge in [0.05, 0.1) is 22.7 Å². The molecule has 17 heavy (non-hydrogen) atoms. The Morgan fingerprint density at radius 3 is 2.71 bits per heavy atom. The van der Waals surface area contributed by atoms with Gasteiger partial charge in [-0.2, -0.15) is 0 Å². The maximum atomic E-state index is 11.9. The Morgan fingerprint density at radius 1 is 1.53 bits per heavy atom. The SMILES string of the molecule is O=C(NC1(CO)CCC1)c1cnc(Cl)c(Cl)c1. The van der Waals surface area contributed by atoms with Crippen molar-refractivity contribution in [3.63, 3.8) is 0 Å². The molecule has 92 valence electrons. The van der Waals surface area contributed by atoms with Crippen LogP contribution in [0.2, 0.25) is 10.2 Å². The molecule has 0 aromatic carbocycles. The third kappa shape index (κ3) is 2.54. The number of rotatable bonds is 3. The maximum absolute atomic E-state index is 11.9. The van der Waals surface area contributed by atoms with Gasteiger partial charge in [0.1, 0.15) is 5.15 Å². The highest BCUT2D eigenvalue weighted by Gasteiger charge is 2.37. The van der Waals surface area contributed by atoms with Gasteiger partial charge in [-0.1, -0.05) is 23.2 Å². The summed E-state index contributed by atoms with van der Waals surface area (Å²) in [5.41, 5.74) is -0.123.